The first-order valence-electron chi connectivity index (χ1n) is 9.89. The molecule has 2 heterocycles. The van der Waals surface area contributed by atoms with Crippen molar-refractivity contribution in [2.24, 2.45) is 0 Å². The molecular weight excluding hydrogens is 400 g/mol. The molecule has 0 spiro atoms. The zero-order valence-corrected chi connectivity index (χ0v) is 20.7. The third-order valence-electron chi connectivity index (χ3n) is 5.60. The molecule has 0 N–H and O–H groups in total. The number of hydrogen-bond acceptors (Lipinski definition) is 6. The molecule has 2 rings (SSSR count). The van der Waals surface area contributed by atoms with Crippen LogP contribution in [0, 0.1) is 11.5 Å². The van der Waals surface area contributed by atoms with Crippen molar-refractivity contribution < 1.29 is 8.42 Å². The van der Waals surface area contributed by atoms with E-state index in [4.69, 9.17) is 0 Å². The Labute approximate surface area is 176 Å². The molecule has 0 saturated heterocycles. The molecule has 0 fully saturated rings. The fourth-order valence-corrected chi connectivity index (χ4v) is 9.81. The lowest BCUT2D eigenvalue weighted by atomic mass is 10.2. The van der Waals surface area contributed by atoms with Crippen LogP contribution < -0.4 is 4.90 Å². The molecule has 29 heavy (non-hydrogen) atoms. The molecule has 0 radical (unpaired) electrons. The van der Waals surface area contributed by atoms with Gasteiger partial charge in [0.05, 0.1) is 5.39 Å². The molecule has 0 aliphatic rings. The average Bonchev–Trinajstić information content (AvgIpc) is 2.59. The summed E-state index contributed by atoms with van der Waals surface area (Å²) in [7, 11) is -1.65. The second-order valence-corrected chi connectivity index (χ2v) is 16.2. The highest BCUT2D eigenvalue weighted by Crippen LogP contribution is 2.40. The zero-order valence-electron chi connectivity index (χ0n) is 18.9. The van der Waals surface area contributed by atoms with Gasteiger partial charge in [0.25, 0.3) is 0 Å². The molecule has 0 bridgehead atoms. The van der Waals surface area contributed by atoms with Crippen LogP contribution in [0.25, 0.3) is 11.0 Å². The largest absolute Gasteiger partial charge is 0.363 e. The zero-order chi connectivity index (χ0) is 22.1. The van der Waals surface area contributed by atoms with E-state index in [1.54, 1.807) is 0 Å². The Balaban J connectivity index is 2.80. The van der Waals surface area contributed by atoms with E-state index in [1.165, 1.54) is 6.20 Å². The van der Waals surface area contributed by atoms with Gasteiger partial charge in [-0.1, -0.05) is 47.5 Å². The van der Waals surface area contributed by atoms with Gasteiger partial charge < -0.3 is 4.90 Å². The molecule has 0 aromatic carbocycles. The Hall–Kier alpha value is -1.98. The molecule has 0 aliphatic heterocycles. The molecule has 0 atom stereocenters. The predicted octanol–water partition coefficient (Wildman–Crippen LogP) is 4.06. The van der Waals surface area contributed by atoms with Crippen molar-refractivity contribution in [1.29, 1.82) is 0 Å². The SMILES string of the molecule is CC(C)[Si](C#Cc1cc(N(C)C)nc2nc(S(C)(=O)=O)ncc12)(C(C)C)C(C)C. The summed E-state index contributed by atoms with van der Waals surface area (Å²) in [6.45, 7) is 13.7. The standard InChI is InChI=1S/C21H32N4O2SSi/c1-14(2)29(15(3)4,16(5)6)11-10-17-12-19(25(7)8)23-20-18(17)13-22-21(24-20)28(9,26)27/h12-16H,1-9H3. The van der Waals surface area contributed by atoms with Crippen molar-refractivity contribution in [3.63, 3.8) is 0 Å². The maximum atomic E-state index is 11.9. The monoisotopic (exact) mass is 432 g/mol. The first-order valence-corrected chi connectivity index (χ1v) is 14.0. The van der Waals surface area contributed by atoms with Crippen LogP contribution in [0.15, 0.2) is 17.4 Å². The van der Waals surface area contributed by atoms with E-state index >= 15 is 0 Å². The molecule has 8 heteroatoms. The minimum atomic E-state index is -3.51. The van der Waals surface area contributed by atoms with Crippen molar-refractivity contribution in [1.82, 2.24) is 15.0 Å². The number of aromatic nitrogens is 3. The van der Waals surface area contributed by atoms with Gasteiger partial charge in [0.15, 0.2) is 5.65 Å². The van der Waals surface area contributed by atoms with Gasteiger partial charge in [-0.3, -0.25) is 0 Å². The van der Waals surface area contributed by atoms with Gasteiger partial charge in [-0.15, -0.1) is 5.54 Å². The number of fused-ring (bicyclic) bond motifs is 1. The normalized spacial score (nSPS) is 12.6. The van der Waals surface area contributed by atoms with Crippen LogP contribution in [0.4, 0.5) is 5.82 Å². The molecule has 0 unspecified atom stereocenters. The summed E-state index contributed by atoms with van der Waals surface area (Å²) < 4.78 is 23.8. The molecule has 2 aromatic rings. The molecule has 0 amide bonds. The Bertz CT molecular complexity index is 1050. The molecule has 158 valence electrons. The van der Waals surface area contributed by atoms with E-state index in [0.29, 0.717) is 33.5 Å². The summed E-state index contributed by atoms with van der Waals surface area (Å²) in [5.41, 5.74) is 6.41. The lowest BCUT2D eigenvalue weighted by Crippen LogP contribution is -2.43. The van der Waals surface area contributed by atoms with Crippen LogP contribution in [0.3, 0.4) is 0 Å². The fourth-order valence-electron chi connectivity index (χ4n) is 4.10. The minimum Gasteiger partial charge on any atom is -0.363 e. The van der Waals surface area contributed by atoms with Gasteiger partial charge in [0, 0.05) is 32.1 Å². The first-order chi connectivity index (χ1) is 13.3. The smallest absolute Gasteiger partial charge is 0.248 e. The highest BCUT2D eigenvalue weighted by Gasteiger charge is 2.41. The maximum Gasteiger partial charge on any atom is 0.248 e. The third-order valence-corrected chi connectivity index (χ3v) is 12.8. The Morgan fingerprint density at radius 1 is 1.00 bits per heavy atom. The van der Waals surface area contributed by atoms with Crippen molar-refractivity contribution in [3.05, 3.63) is 17.8 Å². The highest BCUT2D eigenvalue weighted by molar-refractivity contribution is 7.90. The quantitative estimate of drug-likeness (QED) is 0.403. The molecule has 6 nitrogen and oxygen atoms in total. The van der Waals surface area contributed by atoms with E-state index in [2.05, 4.69) is 68.0 Å². The van der Waals surface area contributed by atoms with Crippen LogP contribution in [0.1, 0.15) is 47.1 Å². The van der Waals surface area contributed by atoms with Crippen LogP contribution in [-0.2, 0) is 9.84 Å². The topological polar surface area (TPSA) is 76.1 Å². The van der Waals surface area contributed by atoms with E-state index in [-0.39, 0.29) is 5.16 Å². The number of sulfone groups is 1. The predicted molar refractivity (Wildman–Crippen MR) is 123 cm³/mol. The third kappa shape index (κ3) is 4.62. The highest BCUT2D eigenvalue weighted by atomic mass is 32.2. The minimum absolute atomic E-state index is 0.220. The average molecular weight is 433 g/mol. The van der Waals surface area contributed by atoms with E-state index in [0.717, 1.165) is 11.8 Å². The van der Waals surface area contributed by atoms with Crippen molar-refractivity contribution in [2.75, 3.05) is 25.3 Å². The number of anilines is 1. The summed E-state index contributed by atoms with van der Waals surface area (Å²) in [4.78, 5) is 14.6. The van der Waals surface area contributed by atoms with Gasteiger partial charge in [0.1, 0.15) is 13.9 Å². The second kappa shape index (κ2) is 8.40. The first kappa shape index (κ1) is 23.3. The molecule has 2 aromatic heterocycles. The van der Waals surface area contributed by atoms with Gasteiger partial charge in [-0.25, -0.2) is 18.4 Å². The number of nitrogens with zero attached hydrogens (tertiary/aromatic N) is 4. The van der Waals surface area contributed by atoms with Crippen LogP contribution in [0.5, 0.6) is 0 Å². The number of rotatable bonds is 5. The van der Waals surface area contributed by atoms with Crippen LogP contribution in [-0.4, -0.2) is 51.8 Å². The van der Waals surface area contributed by atoms with E-state index < -0.39 is 17.9 Å². The summed E-state index contributed by atoms with van der Waals surface area (Å²) in [6, 6.07) is 1.93. The molecule has 0 saturated carbocycles. The molecular formula is C21H32N4O2SSi. The van der Waals surface area contributed by atoms with E-state index in [1.807, 2.05) is 25.1 Å². The Morgan fingerprint density at radius 2 is 1.55 bits per heavy atom. The summed E-state index contributed by atoms with van der Waals surface area (Å²) >= 11 is 0. The van der Waals surface area contributed by atoms with Gasteiger partial charge in [0.2, 0.25) is 15.0 Å². The maximum absolute atomic E-state index is 11.9. The number of pyridine rings is 1. The fraction of sp³-hybridized carbons (Fsp3) is 0.571. The summed E-state index contributed by atoms with van der Waals surface area (Å²) in [5, 5.41) is 0.456. The van der Waals surface area contributed by atoms with Gasteiger partial charge in [-0.2, -0.15) is 4.98 Å². The lowest BCUT2D eigenvalue weighted by Gasteiger charge is -2.38. The van der Waals surface area contributed by atoms with Crippen LogP contribution in [0.2, 0.25) is 16.6 Å². The van der Waals surface area contributed by atoms with Crippen molar-refractivity contribution in [3.8, 4) is 11.5 Å². The van der Waals surface area contributed by atoms with Crippen LogP contribution >= 0.6 is 0 Å². The van der Waals surface area contributed by atoms with Crippen molar-refractivity contribution >= 4 is 34.8 Å². The molecule has 0 aliphatic carbocycles. The van der Waals surface area contributed by atoms with Gasteiger partial charge in [-0.05, 0) is 22.7 Å². The summed E-state index contributed by atoms with van der Waals surface area (Å²) in [5.74, 6) is 4.13. The summed E-state index contributed by atoms with van der Waals surface area (Å²) in [6.07, 6.45) is 2.62. The Kier molecular flexibility index (Phi) is 6.75. The lowest BCUT2D eigenvalue weighted by molar-refractivity contribution is 0.593. The Morgan fingerprint density at radius 3 is 2.00 bits per heavy atom. The second-order valence-electron chi connectivity index (χ2n) is 8.73. The van der Waals surface area contributed by atoms with E-state index in [9.17, 15) is 8.42 Å². The number of hydrogen-bond donors (Lipinski definition) is 0. The van der Waals surface area contributed by atoms with Gasteiger partial charge >= 0.3 is 0 Å². The van der Waals surface area contributed by atoms with Crippen molar-refractivity contribution in [2.45, 2.75) is 63.3 Å².